The largest absolute Gasteiger partial charge is 0.345 e. The summed E-state index contributed by atoms with van der Waals surface area (Å²) in [5.74, 6) is -0.501. The standard InChI is InChI=1S/C19H18Cl2N2O2/c1-12-4-5-13(10-16(12)20)6-9-18(24)22-14-7-8-15(17(21)11-14)19(25)23(2)3/h4-11H,1-3H3,(H,22,24)/b9-6+. The van der Waals surface area contributed by atoms with Gasteiger partial charge >= 0.3 is 0 Å². The van der Waals surface area contributed by atoms with Crippen molar-refractivity contribution in [1.82, 2.24) is 4.90 Å². The second kappa shape index (κ2) is 8.19. The van der Waals surface area contributed by atoms with Gasteiger partial charge in [0.15, 0.2) is 0 Å². The Labute approximate surface area is 157 Å². The van der Waals surface area contributed by atoms with Crippen LogP contribution in [-0.4, -0.2) is 30.8 Å². The predicted molar refractivity (Wildman–Crippen MR) is 103 cm³/mol. The van der Waals surface area contributed by atoms with Crippen LogP contribution in [0.4, 0.5) is 5.69 Å². The second-order valence-electron chi connectivity index (χ2n) is 5.73. The minimum Gasteiger partial charge on any atom is -0.345 e. The molecule has 1 N–H and O–H groups in total. The molecule has 0 unspecified atom stereocenters. The van der Waals surface area contributed by atoms with E-state index in [1.165, 1.54) is 11.0 Å². The van der Waals surface area contributed by atoms with Gasteiger partial charge in [-0.1, -0.05) is 35.3 Å². The topological polar surface area (TPSA) is 49.4 Å². The fourth-order valence-electron chi connectivity index (χ4n) is 2.08. The lowest BCUT2D eigenvalue weighted by Gasteiger charge is -2.12. The maximum absolute atomic E-state index is 12.0. The summed E-state index contributed by atoms with van der Waals surface area (Å²) < 4.78 is 0. The van der Waals surface area contributed by atoms with Gasteiger partial charge in [0, 0.05) is 30.9 Å². The van der Waals surface area contributed by atoms with Gasteiger partial charge in [-0.2, -0.15) is 0 Å². The molecule has 0 bridgehead atoms. The quantitative estimate of drug-likeness (QED) is 0.789. The number of amides is 2. The van der Waals surface area contributed by atoms with Gasteiger partial charge in [-0.25, -0.2) is 0 Å². The number of anilines is 1. The van der Waals surface area contributed by atoms with Gasteiger partial charge in [-0.15, -0.1) is 0 Å². The Morgan fingerprint density at radius 3 is 2.36 bits per heavy atom. The lowest BCUT2D eigenvalue weighted by molar-refractivity contribution is -0.111. The molecule has 0 saturated heterocycles. The average Bonchev–Trinajstić information content (AvgIpc) is 2.55. The van der Waals surface area contributed by atoms with Crippen LogP contribution >= 0.6 is 23.2 Å². The molecular formula is C19H18Cl2N2O2. The number of rotatable bonds is 4. The molecule has 6 heteroatoms. The van der Waals surface area contributed by atoms with Crippen molar-refractivity contribution in [2.45, 2.75) is 6.92 Å². The minimum absolute atomic E-state index is 0.195. The number of carbonyl (C=O) groups excluding carboxylic acids is 2. The normalized spacial score (nSPS) is 10.8. The third-order valence-corrected chi connectivity index (χ3v) is 4.22. The van der Waals surface area contributed by atoms with E-state index in [1.54, 1.807) is 44.4 Å². The highest BCUT2D eigenvalue weighted by Crippen LogP contribution is 2.22. The zero-order valence-electron chi connectivity index (χ0n) is 14.1. The van der Waals surface area contributed by atoms with Gasteiger partial charge in [-0.05, 0) is 48.4 Å². The van der Waals surface area contributed by atoms with Crippen LogP contribution in [0.3, 0.4) is 0 Å². The molecule has 0 aliphatic rings. The van der Waals surface area contributed by atoms with Gasteiger partial charge < -0.3 is 10.2 Å². The first-order valence-electron chi connectivity index (χ1n) is 7.54. The van der Waals surface area contributed by atoms with E-state index < -0.39 is 0 Å². The minimum atomic E-state index is -0.306. The van der Waals surface area contributed by atoms with Crippen LogP contribution in [0.25, 0.3) is 6.08 Å². The van der Waals surface area contributed by atoms with Crippen LogP contribution in [-0.2, 0) is 4.79 Å². The van der Waals surface area contributed by atoms with Gasteiger partial charge in [0.25, 0.3) is 5.91 Å². The van der Waals surface area contributed by atoms with Crippen molar-refractivity contribution in [2.24, 2.45) is 0 Å². The number of nitrogens with one attached hydrogen (secondary N) is 1. The van der Waals surface area contributed by atoms with E-state index in [4.69, 9.17) is 23.2 Å². The number of carbonyl (C=O) groups is 2. The highest BCUT2D eigenvalue weighted by Gasteiger charge is 2.13. The molecule has 0 aliphatic heterocycles. The van der Waals surface area contributed by atoms with E-state index in [-0.39, 0.29) is 16.8 Å². The summed E-state index contributed by atoms with van der Waals surface area (Å²) >= 11 is 12.2. The first kappa shape index (κ1) is 19.0. The van der Waals surface area contributed by atoms with Crippen molar-refractivity contribution in [1.29, 1.82) is 0 Å². The third-order valence-electron chi connectivity index (χ3n) is 3.50. The Kier molecular flexibility index (Phi) is 6.23. The van der Waals surface area contributed by atoms with E-state index in [0.29, 0.717) is 16.3 Å². The smallest absolute Gasteiger partial charge is 0.254 e. The van der Waals surface area contributed by atoms with Crippen LogP contribution in [0.2, 0.25) is 10.0 Å². The van der Waals surface area contributed by atoms with Crippen LogP contribution in [0.1, 0.15) is 21.5 Å². The molecule has 2 aromatic carbocycles. The van der Waals surface area contributed by atoms with Gasteiger partial charge in [0.05, 0.1) is 10.6 Å². The average molecular weight is 377 g/mol. The molecule has 0 atom stereocenters. The number of hydrogen-bond acceptors (Lipinski definition) is 2. The first-order valence-corrected chi connectivity index (χ1v) is 8.30. The molecule has 0 fully saturated rings. The molecule has 0 saturated carbocycles. The lowest BCUT2D eigenvalue weighted by atomic mass is 10.1. The molecule has 2 aromatic rings. The first-order chi connectivity index (χ1) is 11.8. The Morgan fingerprint density at radius 2 is 1.76 bits per heavy atom. The molecule has 130 valence electrons. The second-order valence-corrected chi connectivity index (χ2v) is 6.54. The van der Waals surface area contributed by atoms with Crippen molar-refractivity contribution in [3.05, 3.63) is 69.2 Å². The maximum atomic E-state index is 12.0. The zero-order chi connectivity index (χ0) is 18.6. The lowest BCUT2D eigenvalue weighted by Crippen LogP contribution is -2.22. The van der Waals surface area contributed by atoms with Gasteiger partial charge in [0.1, 0.15) is 0 Å². The number of benzene rings is 2. The summed E-state index contributed by atoms with van der Waals surface area (Å²) in [5, 5.41) is 3.64. The van der Waals surface area contributed by atoms with Crippen molar-refractivity contribution in [3.63, 3.8) is 0 Å². The Morgan fingerprint density at radius 1 is 1.04 bits per heavy atom. The van der Waals surface area contributed by atoms with Crippen molar-refractivity contribution in [2.75, 3.05) is 19.4 Å². The summed E-state index contributed by atoms with van der Waals surface area (Å²) in [4.78, 5) is 25.4. The Hall–Kier alpha value is -2.30. The molecule has 0 heterocycles. The molecule has 0 aromatic heterocycles. The van der Waals surface area contributed by atoms with E-state index >= 15 is 0 Å². The molecular weight excluding hydrogens is 359 g/mol. The van der Waals surface area contributed by atoms with Crippen LogP contribution in [0.15, 0.2) is 42.5 Å². The van der Waals surface area contributed by atoms with Gasteiger partial charge in [0.2, 0.25) is 5.91 Å². The maximum Gasteiger partial charge on any atom is 0.254 e. The highest BCUT2D eigenvalue weighted by atomic mass is 35.5. The molecule has 2 amide bonds. The summed E-state index contributed by atoms with van der Waals surface area (Å²) in [5.41, 5.74) is 2.70. The molecule has 25 heavy (non-hydrogen) atoms. The van der Waals surface area contributed by atoms with Gasteiger partial charge in [-0.3, -0.25) is 9.59 Å². The fraction of sp³-hybridized carbons (Fsp3) is 0.158. The van der Waals surface area contributed by atoms with E-state index in [2.05, 4.69) is 5.32 Å². The fourth-order valence-corrected chi connectivity index (χ4v) is 2.53. The number of halogens is 2. The van der Waals surface area contributed by atoms with Crippen LogP contribution < -0.4 is 5.32 Å². The summed E-state index contributed by atoms with van der Waals surface area (Å²) in [7, 11) is 3.30. The Balaban J connectivity index is 2.07. The van der Waals surface area contributed by atoms with E-state index in [0.717, 1.165) is 11.1 Å². The summed E-state index contributed by atoms with van der Waals surface area (Å²) in [6.07, 6.45) is 3.08. The van der Waals surface area contributed by atoms with Crippen LogP contribution in [0.5, 0.6) is 0 Å². The number of nitrogens with zero attached hydrogens (tertiary/aromatic N) is 1. The molecule has 4 nitrogen and oxygen atoms in total. The molecule has 0 aliphatic carbocycles. The number of hydrogen-bond donors (Lipinski definition) is 1. The number of aryl methyl sites for hydroxylation is 1. The molecule has 2 rings (SSSR count). The Bertz CT molecular complexity index is 845. The molecule has 0 radical (unpaired) electrons. The SMILES string of the molecule is Cc1ccc(/C=C/C(=O)Nc2ccc(C(=O)N(C)C)c(Cl)c2)cc1Cl. The molecule has 0 spiro atoms. The van der Waals surface area contributed by atoms with Crippen molar-refractivity contribution < 1.29 is 9.59 Å². The summed E-state index contributed by atoms with van der Waals surface area (Å²) in [6, 6.07) is 10.3. The monoisotopic (exact) mass is 376 g/mol. The highest BCUT2D eigenvalue weighted by molar-refractivity contribution is 6.34. The zero-order valence-corrected chi connectivity index (χ0v) is 15.7. The van der Waals surface area contributed by atoms with Crippen molar-refractivity contribution in [3.8, 4) is 0 Å². The van der Waals surface area contributed by atoms with E-state index in [1.807, 2.05) is 19.1 Å². The van der Waals surface area contributed by atoms with E-state index in [9.17, 15) is 9.59 Å². The third kappa shape index (κ3) is 5.08. The predicted octanol–water partition coefficient (Wildman–Crippen LogP) is 4.66. The van der Waals surface area contributed by atoms with Crippen LogP contribution in [0, 0.1) is 6.92 Å². The van der Waals surface area contributed by atoms with Crippen molar-refractivity contribution >= 4 is 46.8 Å². The summed E-state index contributed by atoms with van der Waals surface area (Å²) in [6.45, 7) is 1.91.